The molecular weight excluding hydrogens is 296 g/mol. The van der Waals surface area contributed by atoms with Gasteiger partial charge in [-0.05, 0) is 54.3 Å². The minimum atomic E-state index is -0.494. The molecule has 22 heavy (non-hydrogen) atoms. The molecule has 0 aromatic heterocycles. The van der Waals surface area contributed by atoms with Crippen molar-refractivity contribution in [2.45, 2.75) is 4.90 Å². The monoisotopic (exact) mass is 312 g/mol. The average Bonchev–Trinajstić information content (AvgIpc) is 2.54. The third-order valence-electron chi connectivity index (χ3n) is 2.98. The largest absolute Gasteiger partial charge is 0.366 e. The highest BCUT2D eigenvalue weighted by Gasteiger charge is 2.01. The molecule has 0 bridgehead atoms. The smallest absolute Gasteiger partial charge is 0.248 e. The summed E-state index contributed by atoms with van der Waals surface area (Å²) in [6.45, 7) is 0. The minimum absolute atomic E-state index is 0.235. The van der Waals surface area contributed by atoms with Crippen molar-refractivity contribution in [1.29, 1.82) is 0 Å². The first kappa shape index (κ1) is 15.9. The number of rotatable bonds is 5. The van der Waals surface area contributed by atoms with Crippen LogP contribution in [0.5, 0.6) is 0 Å². The molecular formula is C17H16N2O2S. The van der Waals surface area contributed by atoms with Gasteiger partial charge in [0.1, 0.15) is 0 Å². The second kappa shape index (κ2) is 7.47. The van der Waals surface area contributed by atoms with E-state index in [-0.39, 0.29) is 5.91 Å². The molecule has 2 aromatic rings. The maximum absolute atomic E-state index is 11.8. The predicted molar refractivity (Wildman–Crippen MR) is 90.8 cm³/mol. The van der Waals surface area contributed by atoms with Crippen LogP contribution in [0.1, 0.15) is 15.9 Å². The van der Waals surface area contributed by atoms with Gasteiger partial charge in [-0.25, -0.2) is 0 Å². The molecule has 2 aromatic carbocycles. The normalized spacial score (nSPS) is 10.6. The number of primary amides is 1. The van der Waals surface area contributed by atoms with Crippen LogP contribution in [0.2, 0.25) is 0 Å². The van der Waals surface area contributed by atoms with Crippen molar-refractivity contribution < 1.29 is 9.59 Å². The van der Waals surface area contributed by atoms with E-state index in [1.54, 1.807) is 42.1 Å². The Labute approximate surface area is 133 Å². The maximum atomic E-state index is 11.8. The van der Waals surface area contributed by atoms with Crippen LogP contribution in [0, 0.1) is 0 Å². The van der Waals surface area contributed by atoms with Gasteiger partial charge in [-0.1, -0.05) is 12.1 Å². The van der Waals surface area contributed by atoms with Crippen LogP contribution in [0.4, 0.5) is 5.69 Å². The number of nitrogens with one attached hydrogen (secondary N) is 1. The molecule has 0 heterocycles. The number of carbonyl (C=O) groups excluding carboxylic acids is 2. The molecule has 112 valence electrons. The number of nitrogens with two attached hydrogens (primary N) is 1. The number of benzene rings is 2. The van der Waals surface area contributed by atoms with Gasteiger partial charge in [0.25, 0.3) is 0 Å². The Balaban J connectivity index is 1.96. The van der Waals surface area contributed by atoms with Gasteiger partial charge >= 0.3 is 0 Å². The molecule has 0 aliphatic heterocycles. The van der Waals surface area contributed by atoms with Crippen molar-refractivity contribution in [3.8, 4) is 0 Å². The Hall–Kier alpha value is -2.53. The summed E-state index contributed by atoms with van der Waals surface area (Å²) < 4.78 is 0. The van der Waals surface area contributed by atoms with Gasteiger partial charge in [0.2, 0.25) is 11.8 Å². The first-order chi connectivity index (χ1) is 10.6. The van der Waals surface area contributed by atoms with E-state index >= 15 is 0 Å². The highest BCUT2D eigenvalue weighted by molar-refractivity contribution is 7.98. The van der Waals surface area contributed by atoms with Gasteiger partial charge in [0.05, 0.1) is 0 Å². The zero-order valence-electron chi connectivity index (χ0n) is 12.1. The predicted octanol–water partition coefficient (Wildman–Crippen LogP) is 3.16. The number of anilines is 1. The Morgan fingerprint density at radius 3 is 2.23 bits per heavy atom. The average molecular weight is 312 g/mol. The summed E-state index contributed by atoms with van der Waals surface area (Å²) in [7, 11) is 0. The first-order valence-corrected chi connectivity index (χ1v) is 7.84. The number of hydrogen-bond acceptors (Lipinski definition) is 3. The Morgan fingerprint density at radius 1 is 1.05 bits per heavy atom. The molecule has 0 spiro atoms. The third kappa shape index (κ3) is 4.49. The summed E-state index contributed by atoms with van der Waals surface area (Å²) in [6.07, 6.45) is 5.23. The van der Waals surface area contributed by atoms with Crippen LogP contribution >= 0.6 is 11.8 Å². The topological polar surface area (TPSA) is 72.2 Å². The van der Waals surface area contributed by atoms with Crippen LogP contribution in [-0.4, -0.2) is 18.1 Å². The second-order valence-corrected chi connectivity index (χ2v) is 5.42. The lowest BCUT2D eigenvalue weighted by Gasteiger charge is -2.03. The molecule has 0 aliphatic carbocycles. The Morgan fingerprint density at radius 2 is 1.68 bits per heavy atom. The van der Waals surface area contributed by atoms with Crippen molar-refractivity contribution in [3.05, 3.63) is 65.7 Å². The quantitative estimate of drug-likeness (QED) is 0.658. The molecule has 3 N–H and O–H groups in total. The van der Waals surface area contributed by atoms with Crippen LogP contribution in [0.15, 0.2) is 59.5 Å². The summed E-state index contributed by atoms with van der Waals surface area (Å²) in [4.78, 5) is 24.0. The molecule has 0 atom stereocenters. The van der Waals surface area contributed by atoms with E-state index in [2.05, 4.69) is 5.32 Å². The van der Waals surface area contributed by atoms with Gasteiger partial charge < -0.3 is 11.1 Å². The first-order valence-electron chi connectivity index (χ1n) is 6.61. The molecule has 0 saturated heterocycles. The highest BCUT2D eigenvalue weighted by atomic mass is 32.2. The summed E-state index contributed by atoms with van der Waals surface area (Å²) in [5.41, 5.74) is 7.13. The van der Waals surface area contributed by atoms with E-state index < -0.39 is 5.91 Å². The molecule has 0 fully saturated rings. The van der Waals surface area contributed by atoms with E-state index in [0.717, 1.165) is 5.56 Å². The molecule has 0 saturated carbocycles. The van der Waals surface area contributed by atoms with E-state index in [0.29, 0.717) is 11.3 Å². The fraction of sp³-hybridized carbons (Fsp3) is 0.0588. The van der Waals surface area contributed by atoms with Crippen molar-refractivity contribution in [3.63, 3.8) is 0 Å². The molecule has 2 amide bonds. The van der Waals surface area contributed by atoms with Gasteiger partial charge in [0, 0.05) is 22.2 Å². The van der Waals surface area contributed by atoms with E-state index in [9.17, 15) is 9.59 Å². The van der Waals surface area contributed by atoms with Crippen molar-refractivity contribution >= 4 is 35.3 Å². The molecule has 2 rings (SSSR count). The van der Waals surface area contributed by atoms with Gasteiger partial charge in [-0.15, -0.1) is 11.8 Å². The second-order valence-electron chi connectivity index (χ2n) is 4.54. The molecule has 4 nitrogen and oxygen atoms in total. The standard InChI is InChI=1S/C17H16N2O2S/c1-22-15-9-2-12(3-10-15)4-11-16(20)19-14-7-5-13(6-8-14)17(18)21/h2-11H,1H3,(H2,18,21)(H,19,20)/b11-4+. The summed E-state index contributed by atoms with van der Waals surface area (Å²) >= 11 is 1.67. The lowest BCUT2D eigenvalue weighted by atomic mass is 10.2. The number of hydrogen-bond donors (Lipinski definition) is 2. The third-order valence-corrected chi connectivity index (χ3v) is 3.72. The molecule has 0 aliphatic rings. The fourth-order valence-electron chi connectivity index (χ4n) is 1.79. The molecule has 0 radical (unpaired) electrons. The lowest BCUT2D eigenvalue weighted by molar-refractivity contribution is -0.111. The highest BCUT2D eigenvalue weighted by Crippen LogP contribution is 2.15. The van der Waals surface area contributed by atoms with Crippen LogP contribution in [-0.2, 0) is 4.79 Å². The molecule has 5 heteroatoms. The maximum Gasteiger partial charge on any atom is 0.248 e. The van der Waals surface area contributed by atoms with Crippen molar-refractivity contribution in [1.82, 2.24) is 0 Å². The Kier molecular flexibility index (Phi) is 5.38. The van der Waals surface area contributed by atoms with E-state index in [4.69, 9.17) is 5.73 Å². The fourth-order valence-corrected chi connectivity index (χ4v) is 2.20. The van der Waals surface area contributed by atoms with Crippen LogP contribution in [0.25, 0.3) is 6.08 Å². The lowest BCUT2D eigenvalue weighted by Crippen LogP contribution is -2.11. The minimum Gasteiger partial charge on any atom is -0.366 e. The SMILES string of the molecule is CSc1ccc(/C=C/C(=O)Nc2ccc(C(N)=O)cc2)cc1. The van der Waals surface area contributed by atoms with Crippen LogP contribution in [0.3, 0.4) is 0 Å². The van der Waals surface area contributed by atoms with Gasteiger partial charge in [-0.2, -0.15) is 0 Å². The number of amides is 2. The number of carbonyl (C=O) groups is 2. The van der Waals surface area contributed by atoms with E-state index in [1.807, 2.05) is 30.5 Å². The van der Waals surface area contributed by atoms with E-state index in [1.165, 1.54) is 11.0 Å². The zero-order valence-corrected chi connectivity index (χ0v) is 12.9. The van der Waals surface area contributed by atoms with Crippen molar-refractivity contribution in [2.75, 3.05) is 11.6 Å². The van der Waals surface area contributed by atoms with Gasteiger partial charge in [-0.3, -0.25) is 9.59 Å². The van der Waals surface area contributed by atoms with Crippen LogP contribution < -0.4 is 11.1 Å². The van der Waals surface area contributed by atoms with Crippen molar-refractivity contribution in [2.24, 2.45) is 5.73 Å². The number of thioether (sulfide) groups is 1. The summed E-state index contributed by atoms with van der Waals surface area (Å²) in [5.74, 6) is -0.729. The zero-order chi connectivity index (χ0) is 15.9. The summed E-state index contributed by atoms with van der Waals surface area (Å²) in [6, 6.07) is 14.3. The molecule has 0 unspecified atom stereocenters. The van der Waals surface area contributed by atoms with Gasteiger partial charge in [0.15, 0.2) is 0 Å². The Bertz CT molecular complexity index is 692. The summed E-state index contributed by atoms with van der Waals surface area (Å²) in [5, 5.41) is 2.72.